The molecule has 2 aliphatic heterocycles. The van der Waals surface area contributed by atoms with E-state index in [-0.39, 0.29) is 5.91 Å². The summed E-state index contributed by atoms with van der Waals surface area (Å²) >= 11 is 0. The fraction of sp³-hybridized carbons (Fsp3) is 0.444. The zero-order chi connectivity index (χ0) is 26.2. The van der Waals surface area contributed by atoms with Crippen molar-refractivity contribution in [2.24, 2.45) is 11.8 Å². The molecule has 2 fully saturated rings. The van der Waals surface area contributed by atoms with Crippen molar-refractivity contribution in [2.45, 2.75) is 38.3 Å². The summed E-state index contributed by atoms with van der Waals surface area (Å²) < 4.78 is 21.7. The highest BCUT2D eigenvalue weighted by atomic mass is 16.5. The number of hydrogen-bond acceptors (Lipinski definition) is 8. The molecule has 4 rings (SSSR count). The number of nitrogens with zero attached hydrogens (tertiary/aromatic N) is 1. The van der Waals surface area contributed by atoms with Crippen molar-refractivity contribution in [1.82, 2.24) is 5.32 Å². The number of carbonyl (C=O) groups excluding carboxylic acids is 3. The van der Waals surface area contributed by atoms with Gasteiger partial charge in [0.25, 0.3) is 0 Å². The number of amides is 2. The molecule has 2 amide bonds. The molecule has 192 valence electrons. The number of hydrogen-bond donors (Lipinski definition) is 1. The number of benzene rings is 2. The van der Waals surface area contributed by atoms with Crippen LogP contribution in [-0.2, 0) is 19.1 Å². The third-order valence-electron chi connectivity index (χ3n) is 7.19. The van der Waals surface area contributed by atoms with Crippen LogP contribution in [0.15, 0.2) is 36.4 Å². The van der Waals surface area contributed by atoms with E-state index in [1.807, 2.05) is 26.0 Å². The van der Waals surface area contributed by atoms with Gasteiger partial charge in [0.15, 0.2) is 11.5 Å². The second-order valence-corrected chi connectivity index (χ2v) is 9.14. The topological polar surface area (TPSA) is 103 Å². The van der Waals surface area contributed by atoms with E-state index in [0.717, 1.165) is 5.56 Å². The Morgan fingerprint density at radius 2 is 1.58 bits per heavy atom. The van der Waals surface area contributed by atoms with Gasteiger partial charge in [0.2, 0.25) is 17.6 Å². The molecule has 9 heteroatoms. The van der Waals surface area contributed by atoms with E-state index in [1.165, 1.54) is 33.3 Å². The van der Waals surface area contributed by atoms with Crippen molar-refractivity contribution in [3.05, 3.63) is 47.5 Å². The first-order chi connectivity index (χ1) is 17.3. The van der Waals surface area contributed by atoms with Crippen molar-refractivity contribution in [1.29, 1.82) is 0 Å². The Morgan fingerprint density at radius 1 is 0.972 bits per heavy atom. The first-order valence-electron chi connectivity index (χ1n) is 11.9. The number of esters is 1. The molecule has 0 spiro atoms. The Morgan fingerprint density at radius 3 is 2.08 bits per heavy atom. The summed E-state index contributed by atoms with van der Waals surface area (Å²) in [7, 11) is 5.81. The summed E-state index contributed by atoms with van der Waals surface area (Å²) in [6, 6.07) is 9.98. The van der Waals surface area contributed by atoms with Crippen LogP contribution in [0.5, 0.6) is 17.2 Å². The first-order valence-corrected chi connectivity index (χ1v) is 11.9. The smallest absolute Gasteiger partial charge is 0.326 e. The molecule has 2 aliphatic rings. The van der Waals surface area contributed by atoms with Crippen molar-refractivity contribution in [3.8, 4) is 17.2 Å². The molecule has 36 heavy (non-hydrogen) atoms. The molecule has 2 aromatic rings. The molecule has 0 aromatic heterocycles. The largest absolute Gasteiger partial charge is 0.493 e. The van der Waals surface area contributed by atoms with Gasteiger partial charge in [-0.25, -0.2) is 4.90 Å². The molecule has 2 aromatic carbocycles. The maximum Gasteiger partial charge on any atom is 0.326 e. The number of methoxy groups -OCH3 is 4. The van der Waals surface area contributed by atoms with Crippen LogP contribution in [0, 0.1) is 18.8 Å². The summed E-state index contributed by atoms with van der Waals surface area (Å²) in [6.45, 7) is 3.85. The van der Waals surface area contributed by atoms with E-state index < -0.39 is 35.3 Å². The summed E-state index contributed by atoms with van der Waals surface area (Å²) in [5, 5.41) is 3.36. The molecular weight excluding hydrogens is 464 g/mol. The second kappa shape index (κ2) is 9.81. The summed E-state index contributed by atoms with van der Waals surface area (Å²) in [6.07, 6.45) is 0.918. The van der Waals surface area contributed by atoms with Crippen LogP contribution >= 0.6 is 0 Å². The maximum atomic E-state index is 13.9. The first kappa shape index (κ1) is 25.5. The minimum Gasteiger partial charge on any atom is -0.493 e. The Labute approximate surface area is 210 Å². The minimum absolute atomic E-state index is 0.322. The van der Waals surface area contributed by atoms with Crippen LogP contribution in [0.25, 0.3) is 0 Å². The van der Waals surface area contributed by atoms with Gasteiger partial charge in [-0.2, -0.15) is 0 Å². The van der Waals surface area contributed by atoms with Crippen LogP contribution in [0.1, 0.15) is 36.9 Å². The fourth-order valence-electron chi connectivity index (χ4n) is 5.61. The quantitative estimate of drug-likeness (QED) is 0.439. The van der Waals surface area contributed by atoms with Gasteiger partial charge in [0.1, 0.15) is 5.54 Å². The van der Waals surface area contributed by atoms with E-state index in [9.17, 15) is 14.4 Å². The number of carbonyl (C=O) groups is 3. The Balaban J connectivity index is 1.90. The number of aryl methyl sites for hydroxylation is 1. The third kappa shape index (κ3) is 3.78. The zero-order valence-corrected chi connectivity index (χ0v) is 21.4. The van der Waals surface area contributed by atoms with E-state index in [4.69, 9.17) is 18.9 Å². The van der Waals surface area contributed by atoms with Gasteiger partial charge in [-0.05, 0) is 43.2 Å². The fourth-order valence-corrected chi connectivity index (χ4v) is 5.61. The molecule has 0 saturated carbocycles. The Bertz CT molecular complexity index is 1150. The monoisotopic (exact) mass is 496 g/mol. The van der Waals surface area contributed by atoms with Gasteiger partial charge in [-0.3, -0.25) is 19.7 Å². The minimum atomic E-state index is -1.37. The van der Waals surface area contributed by atoms with Crippen LogP contribution in [0.4, 0.5) is 5.69 Å². The molecule has 2 heterocycles. The van der Waals surface area contributed by atoms with Gasteiger partial charge in [0, 0.05) is 6.04 Å². The summed E-state index contributed by atoms with van der Waals surface area (Å²) in [5.41, 5.74) is 0.743. The molecule has 0 bridgehead atoms. The molecule has 9 nitrogen and oxygen atoms in total. The van der Waals surface area contributed by atoms with Gasteiger partial charge >= 0.3 is 5.97 Å². The van der Waals surface area contributed by atoms with Crippen molar-refractivity contribution < 1.29 is 33.3 Å². The van der Waals surface area contributed by atoms with Gasteiger partial charge in [-0.1, -0.05) is 31.0 Å². The van der Waals surface area contributed by atoms with Crippen molar-refractivity contribution in [3.63, 3.8) is 0 Å². The summed E-state index contributed by atoms with van der Waals surface area (Å²) in [5.74, 6) is -1.93. The normalized spacial score (nSPS) is 25.1. The van der Waals surface area contributed by atoms with Crippen LogP contribution in [0.3, 0.4) is 0 Å². The number of nitrogens with one attached hydrogen (secondary N) is 1. The molecule has 0 radical (unpaired) electrons. The molecule has 4 atom stereocenters. The van der Waals surface area contributed by atoms with Crippen molar-refractivity contribution >= 4 is 23.5 Å². The van der Waals surface area contributed by atoms with Crippen LogP contribution in [-0.4, -0.2) is 51.8 Å². The summed E-state index contributed by atoms with van der Waals surface area (Å²) in [4.78, 5) is 42.3. The lowest BCUT2D eigenvalue weighted by atomic mass is 9.77. The highest BCUT2D eigenvalue weighted by Crippen LogP contribution is 2.53. The van der Waals surface area contributed by atoms with E-state index in [2.05, 4.69) is 5.32 Å². The van der Waals surface area contributed by atoms with Crippen LogP contribution in [0.2, 0.25) is 0 Å². The number of imide groups is 1. The van der Waals surface area contributed by atoms with Gasteiger partial charge < -0.3 is 18.9 Å². The standard InChI is InChI=1S/C27H32N2O7/c1-7-12-27(26(32)36-6)21-20(24(30)29(25(21)31)17-10-8-15(2)9-11-17)22(28-27)16-13-18(33-3)23(35-5)19(14-16)34-4/h8-11,13-14,20-22,28H,7,12H2,1-6H3/t20-,21+,22+,27-/m0/s1. The molecule has 0 unspecified atom stereocenters. The average molecular weight is 497 g/mol. The van der Waals surface area contributed by atoms with Crippen molar-refractivity contribution in [2.75, 3.05) is 33.3 Å². The zero-order valence-electron chi connectivity index (χ0n) is 21.4. The lowest BCUT2D eigenvalue weighted by Gasteiger charge is -2.32. The lowest BCUT2D eigenvalue weighted by molar-refractivity contribution is -0.152. The Hall–Kier alpha value is -3.59. The number of ether oxygens (including phenoxy) is 4. The average Bonchev–Trinajstić information content (AvgIpc) is 3.37. The second-order valence-electron chi connectivity index (χ2n) is 9.14. The van der Waals surface area contributed by atoms with Gasteiger partial charge in [0.05, 0.1) is 46.0 Å². The SMILES string of the molecule is CCC[C@]1(C(=O)OC)N[C@H](c2cc(OC)c(OC)c(OC)c2)[C@H]2C(=O)N(c3ccc(C)cc3)C(=O)[C@@H]21. The third-order valence-corrected chi connectivity index (χ3v) is 7.19. The molecule has 2 saturated heterocycles. The lowest BCUT2D eigenvalue weighted by Crippen LogP contribution is -2.56. The van der Waals surface area contributed by atoms with E-state index >= 15 is 0 Å². The predicted octanol–water partition coefficient (Wildman–Crippen LogP) is 3.18. The molecule has 1 N–H and O–H groups in total. The number of rotatable bonds is 8. The number of fused-ring (bicyclic) bond motifs is 1. The predicted molar refractivity (Wildman–Crippen MR) is 132 cm³/mol. The van der Waals surface area contributed by atoms with Gasteiger partial charge in [-0.15, -0.1) is 0 Å². The number of anilines is 1. The van der Waals surface area contributed by atoms with Crippen LogP contribution < -0.4 is 24.4 Å². The maximum absolute atomic E-state index is 13.9. The highest BCUT2D eigenvalue weighted by Gasteiger charge is 2.68. The molecule has 0 aliphatic carbocycles. The van der Waals surface area contributed by atoms with E-state index in [1.54, 1.807) is 24.3 Å². The highest BCUT2D eigenvalue weighted by molar-refractivity contribution is 6.24. The molecular formula is C27H32N2O7. The van der Waals surface area contributed by atoms with E-state index in [0.29, 0.717) is 41.3 Å². The Kier molecular flexibility index (Phi) is 6.95.